The summed E-state index contributed by atoms with van der Waals surface area (Å²) in [5.41, 5.74) is 0.594. The molecular formula is C25H34Cl2N4O3. The van der Waals surface area contributed by atoms with Gasteiger partial charge in [-0.1, -0.05) is 23.2 Å². The van der Waals surface area contributed by atoms with E-state index in [1.54, 1.807) is 6.07 Å². The maximum atomic E-state index is 13.5. The van der Waals surface area contributed by atoms with Gasteiger partial charge in [0.2, 0.25) is 5.91 Å². The predicted octanol–water partition coefficient (Wildman–Crippen LogP) is 3.85. The van der Waals surface area contributed by atoms with Crippen LogP contribution in [0.1, 0.15) is 44.9 Å². The average Bonchev–Trinajstić information content (AvgIpc) is 3.16. The maximum absolute atomic E-state index is 13.5. The highest BCUT2D eigenvalue weighted by Crippen LogP contribution is 2.42. The van der Waals surface area contributed by atoms with E-state index in [1.807, 2.05) is 21.9 Å². The Bertz CT molecular complexity index is 931. The van der Waals surface area contributed by atoms with Crippen LogP contribution in [0.2, 0.25) is 10.0 Å². The van der Waals surface area contributed by atoms with Crippen molar-refractivity contribution in [3.63, 3.8) is 0 Å². The molecule has 3 amide bonds. The van der Waals surface area contributed by atoms with E-state index in [0.29, 0.717) is 29.7 Å². The fraction of sp³-hybridized carbons (Fsp3) is 0.680. The van der Waals surface area contributed by atoms with Crippen molar-refractivity contribution in [1.82, 2.24) is 14.7 Å². The molecule has 3 saturated heterocycles. The first kappa shape index (κ1) is 24.0. The smallest absolute Gasteiger partial charge is 0.320 e. The van der Waals surface area contributed by atoms with Crippen molar-refractivity contribution >= 4 is 40.8 Å². The van der Waals surface area contributed by atoms with Gasteiger partial charge in [-0.25, -0.2) is 4.79 Å². The summed E-state index contributed by atoms with van der Waals surface area (Å²) in [6.45, 7) is 4.80. The maximum Gasteiger partial charge on any atom is 0.320 e. The van der Waals surface area contributed by atoms with E-state index in [1.165, 1.54) is 0 Å². The third-order valence-electron chi connectivity index (χ3n) is 8.32. The number of likely N-dealkylation sites (tertiary alicyclic amines) is 2. The third-order valence-corrected chi connectivity index (χ3v) is 9.06. The Morgan fingerprint density at radius 2 is 1.65 bits per heavy atom. The molecule has 1 atom stereocenters. The van der Waals surface area contributed by atoms with Crippen LogP contribution in [0.4, 0.5) is 10.5 Å². The first-order chi connectivity index (χ1) is 16.4. The highest BCUT2D eigenvalue weighted by Gasteiger charge is 2.51. The minimum Gasteiger partial charge on any atom is -0.393 e. The van der Waals surface area contributed by atoms with Gasteiger partial charge < -0.3 is 24.7 Å². The highest BCUT2D eigenvalue weighted by atomic mass is 35.5. The minimum absolute atomic E-state index is 0.0555. The van der Waals surface area contributed by atoms with Gasteiger partial charge in [-0.05, 0) is 63.1 Å². The van der Waals surface area contributed by atoms with Gasteiger partial charge in [0, 0.05) is 57.5 Å². The number of nitrogens with zero attached hydrogens (tertiary/aromatic N) is 4. The molecule has 0 aromatic heterocycles. The SMILES string of the molecule is O=C(N1CCN(c2ccc(Cl)c(Cl)c2)CC1)N1CCCC2(CCN(C3CCC(O)CC3)C2=O)C1. The van der Waals surface area contributed by atoms with E-state index in [4.69, 9.17) is 23.2 Å². The van der Waals surface area contributed by atoms with Crippen LogP contribution in [-0.4, -0.2) is 89.7 Å². The minimum atomic E-state index is -0.425. The number of aliphatic hydroxyl groups excluding tert-OH is 1. The average molecular weight is 509 g/mol. The van der Waals surface area contributed by atoms with Crippen LogP contribution < -0.4 is 4.90 Å². The number of benzene rings is 1. The summed E-state index contributed by atoms with van der Waals surface area (Å²) in [6, 6.07) is 5.95. The van der Waals surface area contributed by atoms with Gasteiger partial charge in [-0.2, -0.15) is 0 Å². The normalized spacial score (nSPS) is 30.4. The molecule has 5 rings (SSSR count). The number of carbonyl (C=O) groups excluding carboxylic acids is 2. The molecule has 1 N–H and O–H groups in total. The number of urea groups is 1. The standard InChI is InChI=1S/C25H34Cl2N4O3/c26-21-7-4-19(16-22(21)27)28-12-14-29(15-13-28)24(34)30-10-1-8-25(17-30)9-11-31(23(25)33)18-2-5-20(32)6-3-18/h4,7,16,18,20,32H,1-3,5-6,8-15,17H2. The monoisotopic (exact) mass is 508 g/mol. The van der Waals surface area contributed by atoms with Crippen LogP contribution in [0, 0.1) is 5.41 Å². The van der Waals surface area contributed by atoms with Gasteiger partial charge in [0.15, 0.2) is 0 Å². The zero-order chi connectivity index (χ0) is 23.9. The molecule has 4 fully saturated rings. The molecule has 3 aliphatic heterocycles. The van der Waals surface area contributed by atoms with E-state index in [2.05, 4.69) is 9.80 Å². The molecule has 186 valence electrons. The molecule has 9 heteroatoms. The van der Waals surface area contributed by atoms with Crippen LogP contribution in [0.15, 0.2) is 18.2 Å². The number of carbonyl (C=O) groups is 2. The molecule has 4 aliphatic rings. The van der Waals surface area contributed by atoms with Crippen LogP contribution in [0.3, 0.4) is 0 Å². The lowest BCUT2D eigenvalue weighted by Crippen LogP contribution is -2.57. The Balaban J connectivity index is 1.18. The summed E-state index contributed by atoms with van der Waals surface area (Å²) in [5, 5.41) is 10.9. The first-order valence-corrected chi connectivity index (χ1v) is 13.3. The molecule has 1 spiro atoms. The zero-order valence-corrected chi connectivity index (χ0v) is 21.1. The summed E-state index contributed by atoms with van der Waals surface area (Å²) in [6.07, 6.45) is 5.68. The number of amides is 3. The highest BCUT2D eigenvalue weighted by molar-refractivity contribution is 6.42. The predicted molar refractivity (Wildman–Crippen MR) is 133 cm³/mol. The molecule has 1 aliphatic carbocycles. The Hall–Kier alpha value is -1.70. The number of halogens is 2. The number of rotatable bonds is 2. The van der Waals surface area contributed by atoms with Crippen molar-refractivity contribution in [3.05, 3.63) is 28.2 Å². The lowest BCUT2D eigenvalue weighted by molar-refractivity contribution is -0.141. The molecule has 3 heterocycles. The topological polar surface area (TPSA) is 67.3 Å². The van der Waals surface area contributed by atoms with Crippen molar-refractivity contribution < 1.29 is 14.7 Å². The van der Waals surface area contributed by atoms with Crippen LogP contribution in [-0.2, 0) is 4.79 Å². The second-order valence-corrected chi connectivity index (χ2v) is 11.2. The lowest BCUT2D eigenvalue weighted by atomic mass is 9.78. The summed E-state index contributed by atoms with van der Waals surface area (Å²) >= 11 is 12.2. The van der Waals surface area contributed by atoms with E-state index < -0.39 is 5.41 Å². The fourth-order valence-electron chi connectivity index (χ4n) is 6.28. The van der Waals surface area contributed by atoms with Crippen LogP contribution in [0.25, 0.3) is 0 Å². The summed E-state index contributed by atoms with van der Waals surface area (Å²) < 4.78 is 0. The quantitative estimate of drug-likeness (QED) is 0.658. The van der Waals surface area contributed by atoms with Crippen molar-refractivity contribution in [3.8, 4) is 0 Å². The molecule has 0 radical (unpaired) electrons. The van der Waals surface area contributed by atoms with Gasteiger partial charge in [-0.15, -0.1) is 0 Å². The Labute approximate surface area is 211 Å². The Kier molecular flexibility index (Phi) is 6.88. The number of piperazine rings is 1. The van der Waals surface area contributed by atoms with Gasteiger partial charge >= 0.3 is 6.03 Å². The third kappa shape index (κ3) is 4.59. The number of hydrogen-bond acceptors (Lipinski definition) is 4. The number of hydrogen-bond donors (Lipinski definition) is 1. The molecule has 1 aromatic rings. The summed E-state index contributed by atoms with van der Waals surface area (Å²) in [4.78, 5) is 35.1. The molecule has 34 heavy (non-hydrogen) atoms. The zero-order valence-electron chi connectivity index (χ0n) is 19.6. The summed E-state index contributed by atoms with van der Waals surface area (Å²) in [5.74, 6) is 0.232. The second kappa shape index (κ2) is 9.75. The molecule has 1 saturated carbocycles. The van der Waals surface area contributed by atoms with Gasteiger partial charge in [0.25, 0.3) is 0 Å². The first-order valence-electron chi connectivity index (χ1n) is 12.6. The largest absolute Gasteiger partial charge is 0.393 e. The second-order valence-electron chi connectivity index (χ2n) is 10.4. The van der Waals surface area contributed by atoms with E-state index in [-0.39, 0.29) is 24.1 Å². The van der Waals surface area contributed by atoms with E-state index >= 15 is 0 Å². The van der Waals surface area contributed by atoms with Gasteiger partial charge in [0.05, 0.1) is 21.6 Å². The summed E-state index contributed by atoms with van der Waals surface area (Å²) in [7, 11) is 0. The number of anilines is 1. The number of piperidine rings is 1. The molecule has 1 aromatic carbocycles. The Morgan fingerprint density at radius 1 is 0.912 bits per heavy atom. The Morgan fingerprint density at radius 3 is 2.35 bits per heavy atom. The van der Waals surface area contributed by atoms with Gasteiger partial charge in [0.1, 0.15) is 0 Å². The molecule has 0 bridgehead atoms. The van der Waals surface area contributed by atoms with Crippen molar-refractivity contribution in [2.24, 2.45) is 5.41 Å². The molecule has 7 nitrogen and oxygen atoms in total. The van der Waals surface area contributed by atoms with E-state index in [0.717, 1.165) is 76.8 Å². The van der Waals surface area contributed by atoms with Crippen molar-refractivity contribution in [2.75, 3.05) is 50.7 Å². The van der Waals surface area contributed by atoms with Crippen molar-refractivity contribution in [1.29, 1.82) is 0 Å². The van der Waals surface area contributed by atoms with Crippen LogP contribution >= 0.6 is 23.2 Å². The molecule has 1 unspecified atom stereocenters. The van der Waals surface area contributed by atoms with Gasteiger partial charge in [-0.3, -0.25) is 4.79 Å². The van der Waals surface area contributed by atoms with Crippen LogP contribution in [0.5, 0.6) is 0 Å². The number of aliphatic hydroxyl groups is 1. The van der Waals surface area contributed by atoms with E-state index in [9.17, 15) is 14.7 Å². The fourth-order valence-corrected chi connectivity index (χ4v) is 6.57. The lowest BCUT2D eigenvalue weighted by Gasteiger charge is -2.43. The van der Waals surface area contributed by atoms with Crippen molar-refractivity contribution in [2.45, 2.75) is 57.1 Å². The molecular weight excluding hydrogens is 475 g/mol.